The molecule has 0 saturated carbocycles. The van der Waals surface area contributed by atoms with Gasteiger partial charge in [0.2, 0.25) is 5.95 Å². The van der Waals surface area contributed by atoms with Crippen molar-refractivity contribution in [2.45, 2.75) is 32.4 Å². The highest BCUT2D eigenvalue weighted by atomic mass is 32.2. The Balaban J connectivity index is 0.000000477. The first-order valence-corrected chi connectivity index (χ1v) is 11.9. The molecule has 180 valence electrons. The van der Waals surface area contributed by atoms with Crippen molar-refractivity contribution in [3.8, 4) is 22.9 Å². The van der Waals surface area contributed by atoms with Gasteiger partial charge in [0.15, 0.2) is 0 Å². The number of benzene rings is 2. The number of rotatable bonds is 8. The van der Waals surface area contributed by atoms with Crippen molar-refractivity contribution in [3.63, 3.8) is 0 Å². The average molecular weight is 475 g/mol. The number of methoxy groups -OCH3 is 3. The molecule has 33 heavy (non-hydrogen) atoms. The molecule has 0 aliphatic carbocycles. The third-order valence-electron chi connectivity index (χ3n) is 4.55. The number of para-hydroxylation sites is 1. The van der Waals surface area contributed by atoms with Gasteiger partial charge in [-0.15, -0.1) is 10.2 Å². The third kappa shape index (κ3) is 7.87. The number of aromatic nitrogens is 3. The van der Waals surface area contributed by atoms with Crippen LogP contribution in [0, 0.1) is 0 Å². The summed E-state index contributed by atoms with van der Waals surface area (Å²) < 4.78 is 26.2. The Labute approximate surface area is 200 Å². The summed E-state index contributed by atoms with van der Waals surface area (Å²) in [6, 6.07) is 13.5. The minimum atomic E-state index is 0.584. The van der Waals surface area contributed by atoms with Crippen LogP contribution in [0.5, 0.6) is 17.2 Å². The zero-order valence-electron chi connectivity index (χ0n) is 20.0. The monoisotopic (exact) mass is 474 g/mol. The van der Waals surface area contributed by atoms with E-state index in [0.717, 1.165) is 36.0 Å². The first kappa shape index (κ1) is 26.3. The van der Waals surface area contributed by atoms with Crippen LogP contribution in [0.1, 0.15) is 32.3 Å². The fourth-order valence-corrected chi connectivity index (χ4v) is 3.68. The van der Waals surface area contributed by atoms with Crippen molar-refractivity contribution in [1.29, 1.82) is 0 Å². The van der Waals surface area contributed by atoms with Crippen LogP contribution in [0.3, 0.4) is 0 Å². The Morgan fingerprint density at radius 3 is 2.21 bits per heavy atom. The lowest BCUT2D eigenvalue weighted by Gasteiger charge is -2.15. The minimum Gasteiger partial charge on any atom is -0.497 e. The Morgan fingerprint density at radius 2 is 1.64 bits per heavy atom. The van der Waals surface area contributed by atoms with E-state index in [4.69, 9.17) is 18.9 Å². The summed E-state index contributed by atoms with van der Waals surface area (Å²) in [5.41, 5.74) is 1.88. The maximum absolute atomic E-state index is 5.46. The lowest BCUT2D eigenvalue weighted by atomic mass is 10.2. The molecule has 2 heterocycles. The summed E-state index contributed by atoms with van der Waals surface area (Å²) in [6.07, 6.45) is 4.18. The van der Waals surface area contributed by atoms with Gasteiger partial charge < -0.3 is 18.9 Å². The quantitative estimate of drug-likeness (QED) is 0.436. The number of hydrogen-bond acceptors (Lipinski definition) is 8. The maximum Gasteiger partial charge on any atom is 0.239 e. The maximum atomic E-state index is 5.46. The largest absolute Gasteiger partial charge is 0.497 e. The molecule has 1 aromatic heterocycles. The van der Waals surface area contributed by atoms with E-state index in [0.29, 0.717) is 17.4 Å². The van der Waals surface area contributed by atoms with E-state index in [1.165, 1.54) is 24.8 Å². The van der Waals surface area contributed by atoms with Crippen LogP contribution < -0.4 is 18.9 Å². The first-order valence-electron chi connectivity index (χ1n) is 11.0. The second kappa shape index (κ2) is 15.0. The van der Waals surface area contributed by atoms with Crippen LogP contribution in [-0.4, -0.2) is 49.3 Å². The Hall–Kier alpha value is -2.91. The summed E-state index contributed by atoms with van der Waals surface area (Å²) in [5, 5.41) is 8.16. The lowest BCUT2D eigenvalue weighted by Crippen LogP contribution is -2.04. The Morgan fingerprint density at radius 1 is 0.970 bits per heavy atom. The van der Waals surface area contributed by atoms with E-state index in [2.05, 4.69) is 14.9 Å². The smallest absolute Gasteiger partial charge is 0.239 e. The van der Waals surface area contributed by atoms with Crippen molar-refractivity contribution < 1.29 is 18.9 Å². The molecular weight excluding hydrogens is 440 g/mol. The van der Waals surface area contributed by atoms with Gasteiger partial charge in [-0.3, -0.25) is 9.29 Å². The van der Waals surface area contributed by atoms with Crippen LogP contribution in [0.15, 0.2) is 48.8 Å². The first-order chi connectivity index (χ1) is 16.3. The number of nitrogens with zero attached hydrogens (tertiary/aromatic N) is 3. The number of hydrogen-bond donors (Lipinski definition) is 1. The van der Waals surface area contributed by atoms with Crippen LogP contribution in [0.2, 0.25) is 0 Å². The average Bonchev–Trinajstić information content (AvgIpc) is 3.60. The van der Waals surface area contributed by atoms with E-state index in [1.807, 2.05) is 56.3 Å². The van der Waals surface area contributed by atoms with Gasteiger partial charge in [0.25, 0.3) is 0 Å². The topological polar surface area (TPSA) is 79.7 Å². The van der Waals surface area contributed by atoms with Crippen LogP contribution in [-0.2, 0) is 10.5 Å². The molecule has 1 aliphatic heterocycles. The molecule has 1 aliphatic rings. The lowest BCUT2D eigenvalue weighted by molar-refractivity contribution is 0.198. The molecule has 0 unspecified atom stereocenters. The standard InChI is InChI=1S/C18H20N4O3S.C4H8O.C2H6/c1-23-14-7-4-6-13(10-14)11-26-21-18-20-19-12-22(18)17-15(24-2)8-5-9-16(17)25-3;1-2-4-5-3-1;1-2/h4-10,12H,11H2,1-3H3,(H,20,21);1-4H2;1-2H3. The highest BCUT2D eigenvalue weighted by Crippen LogP contribution is 2.34. The van der Waals surface area contributed by atoms with Crippen LogP contribution >= 0.6 is 11.9 Å². The van der Waals surface area contributed by atoms with E-state index >= 15 is 0 Å². The summed E-state index contributed by atoms with van der Waals surface area (Å²) in [6.45, 7) is 6.00. The van der Waals surface area contributed by atoms with Gasteiger partial charge in [-0.05, 0) is 54.6 Å². The fourth-order valence-electron chi connectivity index (χ4n) is 2.99. The van der Waals surface area contributed by atoms with Crippen LogP contribution in [0.4, 0.5) is 5.95 Å². The van der Waals surface area contributed by atoms with E-state index in [1.54, 1.807) is 32.2 Å². The molecule has 3 aromatic rings. The third-order valence-corrected chi connectivity index (χ3v) is 5.36. The normalized spacial score (nSPS) is 12.0. The van der Waals surface area contributed by atoms with Crippen molar-refractivity contribution in [3.05, 3.63) is 54.4 Å². The summed E-state index contributed by atoms with van der Waals surface area (Å²) in [4.78, 5) is 0. The molecule has 0 amide bonds. The van der Waals surface area contributed by atoms with E-state index in [9.17, 15) is 0 Å². The summed E-state index contributed by atoms with van der Waals surface area (Å²) in [5.74, 6) is 3.51. The highest BCUT2D eigenvalue weighted by molar-refractivity contribution is 7.99. The van der Waals surface area contributed by atoms with Gasteiger partial charge in [-0.2, -0.15) is 0 Å². The van der Waals surface area contributed by atoms with E-state index < -0.39 is 0 Å². The summed E-state index contributed by atoms with van der Waals surface area (Å²) >= 11 is 1.51. The van der Waals surface area contributed by atoms with Crippen molar-refractivity contribution in [2.24, 2.45) is 0 Å². The fraction of sp³-hybridized carbons (Fsp3) is 0.417. The Bertz CT molecular complexity index is 918. The molecule has 0 spiro atoms. The van der Waals surface area contributed by atoms with Gasteiger partial charge in [-0.25, -0.2) is 0 Å². The molecule has 9 heteroatoms. The zero-order valence-corrected chi connectivity index (χ0v) is 20.9. The zero-order chi connectivity index (χ0) is 23.9. The summed E-state index contributed by atoms with van der Waals surface area (Å²) in [7, 11) is 4.90. The van der Waals surface area contributed by atoms with Gasteiger partial charge >= 0.3 is 0 Å². The molecule has 4 rings (SSSR count). The predicted molar refractivity (Wildman–Crippen MR) is 134 cm³/mol. The predicted octanol–water partition coefficient (Wildman–Crippen LogP) is 5.38. The number of nitrogens with one attached hydrogen (secondary N) is 1. The van der Waals surface area contributed by atoms with E-state index in [-0.39, 0.29) is 0 Å². The number of anilines is 1. The molecule has 1 saturated heterocycles. The molecule has 1 N–H and O–H groups in total. The van der Waals surface area contributed by atoms with Crippen molar-refractivity contribution >= 4 is 17.9 Å². The molecule has 0 atom stereocenters. The second-order valence-corrected chi connectivity index (χ2v) is 7.38. The molecular formula is C24H34N4O4S. The molecule has 2 aromatic carbocycles. The molecule has 8 nitrogen and oxygen atoms in total. The van der Waals surface area contributed by atoms with Gasteiger partial charge in [0, 0.05) is 19.0 Å². The van der Waals surface area contributed by atoms with Crippen LogP contribution in [0.25, 0.3) is 5.69 Å². The van der Waals surface area contributed by atoms with Gasteiger partial charge in [-0.1, -0.05) is 32.0 Å². The molecule has 1 fully saturated rings. The van der Waals surface area contributed by atoms with Crippen molar-refractivity contribution in [2.75, 3.05) is 39.3 Å². The van der Waals surface area contributed by atoms with Crippen molar-refractivity contribution in [1.82, 2.24) is 14.8 Å². The second-order valence-electron chi connectivity index (χ2n) is 6.60. The highest BCUT2D eigenvalue weighted by Gasteiger charge is 2.16. The molecule has 0 radical (unpaired) electrons. The van der Waals surface area contributed by atoms with Gasteiger partial charge in [0.1, 0.15) is 29.3 Å². The Kier molecular flexibility index (Phi) is 12.0. The SMILES string of the molecule is C1CCOC1.CC.COc1cccc(CSNc2nncn2-c2c(OC)cccc2OC)c1. The molecule has 0 bridgehead atoms. The number of ether oxygens (including phenoxy) is 4. The minimum absolute atomic E-state index is 0.584. The van der Waals surface area contributed by atoms with Gasteiger partial charge in [0.05, 0.1) is 21.3 Å².